The zero-order valence-corrected chi connectivity index (χ0v) is 18.4. The standard InChI is InChI=1S/C21H26N6O3S/c1-3-27-20-17(13-24-27)19(25-15-5-4-6-15)18(12-22-20)21(28)23-11-14-7-9-16(10-8-14)26-31(2,29)30/h7-10,12-13,15,26H,3-6,11H2,1-2H3,(H,22,25)(H,23,28). The topological polar surface area (TPSA) is 118 Å². The Bertz CT molecular complexity index is 1200. The highest BCUT2D eigenvalue weighted by atomic mass is 32.2. The molecule has 1 aliphatic rings. The fourth-order valence-electron chi connectivity index (χ4n) is 3.52. The molecule has 1 amide bonds. The maximum Gasteiger partial charge on any atom is 0.255 e. The fraction of sp³-hybridized carbons (Fsp3) is 0.381. The summed E-state index contributed by atoms with van der Waals surface area (Å²) in [6.07, 6.45) is 7.82. The molecule has 1 fully saturated rings. The van der Waals surface area contributed by atoms with Crippen LogP contribution in [0.15, 0.2) is 36.7 Å². The van der Waals surface area contributed by atoms with Crippen molar-refractivity contribution in [1.29, 1.82) is 0 Å². The van der Waals surface area contributed by atoms with Crippen LogP contribution in [0.1, 0.15) is 42.1 Å². The Kier molecular flexibility index (Phi) is 5.81. The average Bonchev–Trinajstić information content (AvgIpc) is 3.12. The van der Waals surface area contributed by atoms with Gasteiger partial charge >= 0.3 is 0 Å². The summed E-state index contributed by atoms with van der Waals surface area (Å²) in [5.74, 6) is -0.223. The van der Waals surface area contributed by atoms with Crippen LogP contribution in [0.25, 0.3) is 11.0 Å². The minimum Gasteiger partial charge on any atom is -0.381 e. The molecule has 1 saturated carbocycles. The van der Waals surface area contributed by atoms with Gasteiger partial charge in [-0.05, 0) is 43.9 Å². The van der Waals surface area contributed by atoms with E-state index < -0.39 is 10.0 Å². The van der Waals surface area contributed by atoms with Crippen molar-refractivity contribution in [3.05, 3.63) is 47.8 Å². The predicted octanol–water partition coefficient (Wildman–Crippen LogP) is 2.72. The van der Waals surface area contributed by atoms with E-state index in [1.165, 1.54) is 6.42 Å². The SMILES string of the molecule is CCn1ncc2c(NC3CCC3)c(C(=O)NCc3ccc(NS(C)(=O)=O)cc3)cnc21. The molecule has 3 N–H and O–H groups in total. The molecule has 0 aliphatic heterocycles. The first kappa shape index (κ1) is 21.1. The number of anilines is 2. The van der Waals surface area contributed by atoms with E-state index in [1.807, 2.05) is 11.6 Å². The Morgan fingerprint density at radius 3 is 2.55 bits per heavy atom. The number of benzene rings is 1. The number of hydrogen-bond donors (Lipinski definition) is 3. The summed E-state index contributed by atoms with van der Waals surface area (Å²) in [7, 11) is -3.32. The normalized spacial score (nSPS) is 14.3. The maximum absolute atomic E-state index is 13.0. The van der Waals surface area contributed by atoms with Crippen LogP contribution in [0, 0.1) is 0 Å². The number of sulfonamides is 1. The van der Waals surface area contributed by atoms with Gasteiger partial charge in [0.05, 0.1) is 29.1 Å². The smallest absolute Gasteiger partial charge is 0.255 e. The second-order valence-electron chi connectivity index (χ2n) is 7.77. The summed E-state index contributed by atoms with van der Waals surface area (Å²) >= 11 is 0. The number of pyridine rings is 1. The zero-order chi connectivity index (χ0) is 22.0. The number of carbonyl (C=O) groups excluding carboxylic acids is 1. The molecule has 9 nitrogen and oxygen atoms in total. The molecule has 4 rings (SSSR count). The summed E-state index contributed by atoms with van der Waals surface area (Å²) in [5.41, 5.74) is 3.36. The highest BCUT2D eigenvalue weighted by Gasteiger charge is 2.23. The van der Waals surface area contributed by atoms with Crippen LogP contribution in [0.2, 0.25) is 0 Å². The molecule has 0 atom stereocenters. The molecule has 164 valence electrons. The largest absolute Gasteiger partial charge is 0.381 e. The van der Waals surface area contributed by atoms with E-state index in [4.69, 9.17) is 0 Å². The number of nitrogens with one attached hydrogen (secondary N) is 3. The molecule has 2 heterocycles. The summed E-state index contributed by atoms with van der Waals surface area (Å²) in [6, 6.07) is 7.23. The third kappa shape index (κ3) is 4.79. The van der Waals surface area contributed by atoms with Gasteiger partial charge in [0, 0.05) is 31.0 Å². The number of aromatic nitrogens is 3. The number of amides is 1. The number of aryl methyl sites for hydroxylation is 1. The van der Waals surface area contributed by atoms with Gasteiger partial charge in [0.15, 0.2) is 5.65 Å². The van der Waals surface area contributed by atoms with E-state index in [9.17, 15) is 13.2 Å². The highest BCUT2D eigenvalue weighted by Crippen LogP contribution is 2.31. The van der Waals surface area contributed by atoms with Crippen molar-refractivity contribution in [3.8, 4) is 0 Å². The van der Waals surface area contributed by atoms with Crippen molar-refractivity contribution < 1.29 is 13.2 Å². The summed E-state index contributed by atoms with van der Waals surface area (Å²) < 4.78 is 26.9. The van der Waals surface area contributed by atoms with Gasteiger partial charge in [-0.2, -0.15) is 5.10 Å². The quantitative estimate of drug-likeness (QED) is 0.494. The van der Waals surface area contributed by atoms with Crippen LogP contribution in [0.5, 0.6) is 0 Å². The van der Waals surface area contributed by atoms with Crippen LogP contribution < -0.4 is 15.4 Å². The number of nitrogens with zero attached hydrogens (tertiary/aromatic N) is 3. The molecule has 3 aromatic rings. The summed E-state index contributed by atoms with van der Waals surface area (Å²) in [6.45, 7) is 3.02. The number of fused-ring (bicyclic) bond motifs is 1. The first-order chi connectivity index (χ1) is 14.8. The minimum atomic E-state index is -3.32. The van der Waals surface area contributed by atoms with Crippen LogP contribution in [-0.2, 0) is 23.1 Å². The monoisotopic (exact) mass is 442 g/mol. The lowest BCUT2D eigenvalue weighted by Crippen LogP contribution is -2.30. The molecule has 31 heavy (non-hydrogen) atoms. The molecular formula is C21H26N6O3S. The molecule has 1 aromatic carbocycles. The Morgan fingerprint density at radius 1 is 1.19 bits per heavy atom. The number of carbonyl (C=O) groups is 1. The zero-order valence-electron chi connectivity index (χ0n) is 17.6. The predicted molar refractivity (Wildman–Crippen MR) is 121 cm³/mol. The molecule has 10 heteroatoms. The van der Waals surface area contributed by atoms with E-state index in [1.54, 1.807) is 36.7 Å². The van der Waals surface area contributed by atoms with Crippen molar-refractivity contribution in [3.63, 3.8) is 0 Å². The summed E-state index contributed by atoms with van der Waals surface area (Å²) in [4.78, 5) is 17.5. The lowest BCUT2D eigenvalue weighted by Gasteiger charge is -2.28. The summed E-state index contributed by atoms with van der Waals surface area (Å²) in [5, 5.41) is 11.7. The van der Waals surface area contributed by atoms with Crippen molar-refractivity contribution >= 4 is 38.3 Å². The molecule has 0 radical (unpaired) electrons. The van der Waals surface area contributed by atoms with E-state index in [-0.39, 0.29) is 5.91 Å². The number of rotatable bonds is 8. The highest BCUT2D eigenvalue weighted by molar-refractivity contribution is 7.92. The Balaban J connectivity index is 1.52. The van der Waals surface area contributed by atoms with E-state index >= 15 is 0 Å². The van der Waals surface area contributed by atoms with Crippen LogP contribution in [0.3, 0.4) is 0 Å². The molecule has 0 unspecified atom stereocenters. The molecule has 0 saturated heterocycles. The third-order valence-corrected chi connectivity index (χ3v) is 5.98. The molecule has 2 aromatic heterocycles. The lowest BCUT2D eigenvalue weighted by molar-refractivity contribution is 0.0951. The van der Waals surface area contributed by atoms with Gasteiger partial charge in [0.25, 0.3) is 5.91 Å². The average molecular weight is 443 g/mol. The van der Waals surface area contributed by atoms with Gasteiger partial charge in [-0.1, -0.05) is 12.1 Å². The van der Waals surface area contributed by atoms with E-state index in [0.717, 1.165) is 41.4 Å². The molecule has 0 bridgehead atoms. The Labute approximate surface area is 181 Å². The number of hydrogen-bond acceptors (Lipinski definition) is 6. The van der Waals surface area contributed by atoms with Gasteiger partial charge in [0.1, 0.15) is 0 Å². The van der Waals surface area contributed by atoms with E-state index in [2.05, 4.69) is 25.4 Å². The molecule has 0 spiro atoms. The minimum absolute atomic E-state index is 0.223. The fourth-order valence-corrected chi connectivity index (χ4v) is 4.09. The van der Waals surface area contributed by atoms with Gasteiger partial charge in [-0.15, -0.1) is 0 Å². The van der Waals surface area contributed by atoms with Crippen molar-refractivity contribution in [2.45, 2.75) is 45.3 Å². The molecular weight excluding hydrogens is 416 g/mol. The van der Waals surface area contributed by atoms with Crippen molar-refractivity contribution in [1.82, 2.24) is 20.1 Å². The second-order valence-corrected chi connectivity index (χ2v) is 9.52. The lowest BCUT2D eigenvalue weighted by atomic mass is 9.92. The van der Waals surface area contributed by atoms with Crippen LogP contribution in [-0.4, -0.2) is 41.4 Å². The van der Waals surface area contributed by atoms with Gasteiger partial charge in [0.2, 0.25) is 10.0 Å². The third-order valence-electron chi connectivity index (χ3n) is 5.37. The van der Waals surface area contributed by atoms with Crippen LogP contribution in [0.4, 0.5) is 11.4 Å². The Morgan fingerprint density at radius 2 is 1.94 bits per heavy atom. The second kappa shape index (κ2) is 8.54. The van der Waals surface area contributed by atoms with Gasteiger partial charge < -0.3 is 10.6 Å². The first-order valence-corrected chi connectivity index (χ1v) is 12.2. The maximum atomic E-state index is 13.0. The van der Waals surface area contributed by atoms with Crippen molar-refractivity contribution in [2.75, 3.05) is 16.3 Å². The molecule has 1 aliphatic carbocycles. The van der Waals surface area contributed by atoms with Crippen LogP contribution >= 0.6 is 0 Å². The van der Waals surface area contributed by atoms with E-state index in [0.29, 0.717) is 30.4 Å². The van der Waals surface area contributed by atoms with Crippen molar-refractivity contribution in [2.24, 2.45) is 0 Å². The Hall–Kier alpha value is -3.14. The van der Waals surface area contributed by atoms with Gasteiger partial charge in [-0.3, -0.25) is 9.52 Å². The first-order valence-electron chi connectivity index (χ1n) is 10.3. The van der Waals surface area contributed by atoms with Gasteiger partial charge in [-0.25, -0.2) is 18.1 Å².